The third-order valence-corrected chi connectivity index (χ3v) is 7.99. The van der Waals surface area contributed by atoms with Crippen molar-refractivity contribution < 1.29 is 43.8 Å². The molecule has 11 heteroatoms. The molecule has 0 saturated heterocycles. The number of aryl methyl sites for hydroxylation is 1. The van der Waals surface area contributed by atoms with Crippen LogP contribution in [0.4, 0.5) is 5.69 Å². The van der Waals surface area contributed by atoms with E-state index in [4.69, 9.17) is 23.7 Å². The van der Waals surface area contributed by atoms with E-state index >= 15 is 0 Å². The molecule has 1 atom stereocenters. The molecule has 48 heavy (non-hydrogen) atoms. The lowest BCUT2D eigenvalue weighted by Gasteiger charge is -2.29. The van der Waals surface area contributed by atoms with Gasteiger partial charge < -0.3 is 49.6 Å². The highest BCUT2D eigenvalue weighted by Gasteiger charge is 2.25. The zero-order chi connectivity index (χ0) is 34.2. The van der Waals surface area contributed by atoms with Crippen molar-refractivity contribution in [1.29, 1.82) is 0 Å². The number of ether oxygens (including phenoxy) is 5. The number of hydrogen-bond acceptors (Lipinski definition) is 10. The van der Waals surface area contributed by atoms with Crippen LogP contribution in [0.3, 0.4) is 0 Å². The van der Waals surface area contributed by atoms with Crippen LogP contribution in [0, 0.1) is 6.92 Å². The van der Waals surface area contributed by atoms with Crippen LogP contribution in [-0.2, 0) is 19.8 Å². The van der Waals surface area contributed by atoms with E-state index in [0.29, 0.717) is 51.0 Å². The van der Waals surface area contributed by atoms with Crippen LogP contribution in [-0.4, -0.2) is 55.8 Å². The van der Waals surface area contributed by atoms with Crippen molar-refractivity contribution in [3.05, 3.63) is 105 Å². The van der Waals surface area contributed by atoms with Crippen molar-refractivity contribution in [2.75, 3.05) is 39.9 Å². The van der Waals surface area contributed by atoms with Gasteiger partial charge in [0.25, 0.3) is 5.91 Å². The molecule has 0 fully saturated rings. The minimum atomic E-state index is -0.458. The Bertz CT molecular complexity index is 1750. The lowest BCUT2D eigenvalue weighted by molar-refractivity contribution is 0.0935. The van der Waals surface area contributed by atoms with Gasteiger partial charge in [-0.2, -0.15) is 0 Å². The standard InChI is InChI=1S/C37H40N2O9/c1-22-5-9-30-28(13-22)37(43)39-36(38-30)25-8-10-31(27(18-25)20-41)47-11-12-48-35-33(45-3)16-24(17-34(35)46-4)7-6-23-14-26(19-40)29(21-42)32(15-23)44-2/h5-10,13-18,36,38,40-42H,11-12,19-21H2,1-4H3,(H,39,43)/b7-6-. The fourth-order valence-electron chi connectivity index (χ4n) is 5.53. The Labute approximate surface area is 279 Å². The summed E-state index contributed by atoms with van der Waals surface area (Å²) in [6.45, 7) is 1.54. The average Bonchev–Trinajstić information content (AvgIpc) is 3.11. The van der Waals surface area contributed by atoms with Gasteiger partial charge in [-0.15, -0.1) is 0 Å². The molecule has 0 radical (unpaired) electrons. The van der Waals surface area contributed by atoms with Crippen LogP contribution >= 0.6 is 0 Å². The Balaban J connectivity index is 1.24. The first-order chi connectivity index (χ1) is 23.3. The Morgan fingerprint density at radius 3 is 1.98 bits per heavy atom. The molecule has 0 aliphatic carbocycles. The van der Waals surface area contributed by atoms with E-state index in [1.165, 1.54) is 21.3 Å². The molecular formula is C37H40N2O9. The predicted molar refractivity (Wildman–Crippen MR) is 182 cm³/mol. The van der Waals surface area contributed by atoms with Gasteiger partial charge in [-0.1, -0.05) is 29.8 Å². The number of rotatable bonds is 14. The second-order valence-corrected chi connectivity index (χ2v) is 11.1. The first-order valence-corrected chi connectivity index (χ1v) is 15.3. The summed E-state index contributed by atoms with van der Waals surface area (Å²) in [5.41, 5.74) is 6.37. The summed E-state index contributed by atoms with van der Waals surface area (Å²) in [5, 5.41) is 35.8. The molecular weight excluding hydrogens is 616 g/mol. The van der Waals surface area contributed by atoms with Crippen LogP contribution in [0.2, 0.25) is 0 Å². The van der Waals surface area contributed by atoms with Gasteiger partial charge in [0.2, 0.25) is 5.75 Å². The monoisotopic (exact) mass is 656 g/mol. The minimum Gasteiger partial charge on any atom is -0.496 e. The van der Waals surface area contributed by atoms with Gasteiger partial charge in [-0.25, -0.2) is 0 Å². The molecule has 1 heterocycles. The molecule has 1 unspecified atom stereocenters. The molecule has 11 nitrogen and oxygen atoms in total. The van der Waals surface area contributed by atoms with Gasteiger partial charge in [-0.3, -0.25) is 4.79 Å². The second kappa shape index (κ2) is 15.6. The molecule has 0 spiro atoms. The topological polar surface area (TPSA) is 148 Å². The Hall–Kier alpha value is -5.23. The number of aliphatic hydroxyl groups is 3. The van der Waals surface area contributed by atoms with Gasteiger partial charge in [-0.05, 0) is 77.7 Å². The highest BCUT2D eigenvalue weighted by molar-refractivity contribution is 6.01. The number of amides is 1. The fraction of sp³-hybridized carbons (Fsp3) is 0.270. The SMILES string of the molecule is COc1cc(/C=C\c2cc(OC)c(OCCOc3ccc(C4NC(=O)c5cc(C)ccc5N4)cc3CO)c(OC)c2)cc(CO)c1CO. The van der Waals surface area contributed by atoms with E-state index in [2.05, 4.69) is 10.6 Å². The maximum atomic E-state index is 12.7. The van der Waals surface area contributed by atoms with E-state index in [1.54, 1.807) is 24.3 Å². The van der Waals surface area contributed by atoms with Gasteiger partial charge in [0.05, 0.1) is 46.7 Å². The molecule has 0 aromatic heterocycles. The van der Waals surface area contributed by atoms with Crippen LogP contribution in [0.25, 0.3) is 12.2 Å². The number of hydrogen-bond donors (Lipinski definition) is 5. The molecule has 4 aromatic carbocycles. The third-order valence-electron chi connectivity index (χ3n) is 7.99. The fourth-order valence-corrected chi connectivity index (χ4v) is 5.53. The zero-order valence-electron chi connectivity index (χ0n) is 27.3. The van der Waals surface area contributed by atoms with Crippen molar-refractivity contribution in [1.82, 2.24) is 5.32 Å². The van der Waals surface area contributed by atoms with Gasteiger partial charge >= 0.3 is 0 Å². The zero-order valence-corrected chi connectivity index (χ0v) is 27.3. The summed E-state index contributed by atoms with van der Waals surface area (Å²) in [5.74, 6) is 2.14. The van der Waals surface area contributed by atoms with Crippen LogP contribution in [0.5, 0.6) is 28.7 Å². The Morgan fingerprint density at radius 1 is 0.688 bits per heavy atom. The van der Waals surface area contributed by atoms with E-state index in [1.807, 2.05) is 55.5 Å². The first kappa shape index (κ1) is 34.1. The minimum absolute atomic E-state index is 0.159. The number of fused-ring (bicyclic) bond motifs is 1. The average molecular weight is 657 g/mol. The van der Waals surface area contributed by atoms with Crippen molar-refractivity contribution >= 4 is 23.7 Å². The summed E-state index contributed by atoms with van der Waals surface area (Å²) in [6.07, 6.45) is 3.26. The van der Waals surface area contributed by atoms with Gasteiger partial charge in [0.1, 0.15) is 30.9 Å². The third kappa shape index (κ3) is 7.49. The van der Waals surface area contributed by atoms with Crippen molar-refractivity contribution in [3.8, 4) is 28.7 Å². The number of aliphatic hydroxyl groups excluding tert-OH is 3. The van der Waals surface area contributed by atoms with Gasteiger partial charge in [0.15, 0.2) is 11.5 Å². The summed E-state index contributed by atoms with van der Waals surface area (Å²) < 4.78 is 28.6. The maximum absolute atomic E-state index is 12.7. The molecule has 0 bridgehead atoms. The number of carbonyl (C=O) groups excluding carboxylic acids is 1. The summed E-state index contributed by atoms with van der Waals surface area (Å²) in [4.78, 5) is 12.7. The number of methoxy groups -OCH3 is 3. The molecule has 1 amide bonds. The van der Waals surface area contributed by atoms with E-state index in [0.717, 1.165) is 27.9 Å². The quantitative estimate of drug-likeness (QED) is 0.0930. The van der Waals surface area contributed by atoms with E-state index < -0.39 is 6.17 Å². The van der Waals surface area contributed by atoms with E-state index in [9.17, 15) is 20.1 Å². The summed E-state index contributed by atoms with van der Waals surface area (Å²) in [6, 6.07) is 18.3. The Kier molecular flexibility index (Phi) is 11.1. The normalized spacial score (nSPS) is 13.8. The molecule has 1 aliphatic heterocycles. The van der Waals surface area contributed by atoms with Gasteiger partial charge in [0, 0.05) is 16.8 Å². The van der Waals surface area contributed by atoms with Crippen molar-refractivity contribution in [2.45, 2.75) is 32.9 Å². The molecule has 0 saturated carbocycles. The molecule has 4 aromatic rings. The summed E-state index contributed by atoms with van der Waals surface area (Å²) in [7, 11) is 4.59. The van der Waals surface area contributed by atoms with E-state index in [-0.39, 0.29) is 38.9 Å². The largest absolute Gasteiger partial charge is 0.496 e. The molecule has 5 N–H and O–H groups in total. The highest BCUT2D eigenvalue weighted by Crippen LogP contribution is 2.39. The predicted octanol–water partition coefficient (Wildman–Crippen LogP) is 4.98. The number of benzene rings is 4. The number of nitrogens with one attached hydrogen (secondary N) is 2. The smallest absolute Gasteiger partial charge is 0.255 e. The lowest BCUT2D eigenvalue weighted by atomic mass is 10.0. The molecule has 5 rings (SSSR count). The van der Waals surface area contributed by atoms with Crippen LogP contribution < -0.4 is 34.3 Å². The number of anilines is 1. The van der Waals surface area contributed by atoms with Crippen LogP contribution in [0.15, 0.2) is 60.7 Å². The number of carbonyl (C=O) groups is 1. The second-order valence-electron chi connectivity index (χ2n) is 11.1. The summed E-state index contributed by atoms with van der Waals surface area (Å²) >= 11 is 0. The lowest BCUT2D eigenvalue weighted by Crippen LogP contribution is -2.38. The first-order valence-electron chi connectivity index (χ1n) is 15.3. The highest BCUT2D eigenvalue weighted by atomic mass is 16.6. The van der Waals surface area contributed by atoms with Crippen molar-refractivity contribution in [3.63, 3.8) is 0 Å². The Morgan fingerprint density at radius 2 is 1.33 bits per heavy atom. The van der Waals surface area contributed by atoms with Crippen LogP contribution in [0.1, 0.15) is 55.5 Å². The molecule has 1 aliphatic rings. The molecule has 252 valence electrons. The van der Waals surface area contributed by atoms with Crippen molar-refractivity contribution in [2.24, 2.45) is 0 Å². The maximum Gasteiger partial charge on any atom is 0.255 e.